The van der Waals surface area contributed by atoms with Gasteiger partial charge in [-0.2, -0.15) is 0 Å². The molecule has 0 aliphatic carbocycles. The van der Waals surface area contributed by atoms with E-state index in [0.29, 0.717) is 6.04 Å². The van der Waals surface area contributed by atoms with Crippen molar-refractivity contribution >= 4 is 0 Å². The summed E-state index contributed by atoms with van der Waals surface area (Å²) in [5, 5.41) is 7.57. The van der Waals surface area contributed by atoms with Gasteiger partial charge in [-0.05, 0) is 33.4 Å². The molecule has 1 fully saturated rings. The van der Waals surface area contributed by atoms with Crippen LogP contribution >= 0.6 is 0 Å². The quantitative estimate of drug-likeness (QED) is 0.841. The molecule has 1 saturated heterocycles. The zero-order valence-corrected chi connectivity index (χ0v) is 10.2. The molecule has 0 aromatic carbocycles. The largest absolute Gasteiger partial charge is 0.361 e. The fourth-order valence-electron chi connectivity index (χ4n) is 2.29. The Balaban J connectivity index is 1.77. The van der Waals surface area contributed by atoms with Crippen molar-refractivity contribution < 1.29 is 4.52 Å². The molecule has 0 amide bonds. The van der Waals surface area contributed by atoms with E-state index in [1.54, 1.807) is 0 Å². The highest BCUT2D eigenvalue weighted by Gasteiger charge is 2.15. The summed E-state index contributed by atoms with van der Waals surface area (Å²) in [6.45, 7) is 5.06. The average Bonchev–Trinajstić information content (AvgIpc) is 2.65. The Hall–Kier alpha value is -0.870. The summed E-state index contributed by atoms with van der Waals surface area (Å²) in [5.41, 5.74) is 1.02. The van der Waals surface area contributed by atoms with Crippen LogP contribution in [-0.4, -0.2) is 36.2 Å². The van der Waals surface area contributed by atoms with Gasteiger partial charge in [-0.15, -0.1) is 0 Å². The third-order valence-corrected chi connectivity index (χ3v) is 3.05. The summed E-state index contributed by atoms with van der Waals surface area (Å²) in [6, 6.07) is 2.65. The topological polar surface area (TPSA) is 41.3 Å². The molecule has 1 atom stereocenters. The van der Waals surface area contributed by atoms with Crippen LogP contribution in [0.15, 0.2) is 10.6 Å². The predicted octanol–water partition coefficient (Wildman–Crippen LogP) is 1.56. The SMILES string of the molecule is Cc1cc(CN(C)CC2CCCCN2)no1. The Morgan fingerprint density at radius 3 is 3.06 bits per heavy atom. The molecule has 0 bridgehead atoms. The number of hydrogen-bond donors (Lipinski definition) is 1. The monoisotopic (exact) mass is 223 g/mol. The molecule has 0 spiro atoms. The first-order valence-electron chi connectivity index (χ1n) is 6.08. The summed E-state index contributed by atoms with van der Waals surface area (Å²) in [4.78, 5) is 2.31. The van der Waals surface area contributed by atoms with Gasteiger partial charge in [0.05, 0.1) is 5.69 Å². The minimum absolute atomic E-state index is 0.645. The van der Waals surface area contributed by atoms with Crippen LogP contribution in [0.3, 0.4) is 0 Å². The van der Waals surface area contributed by atoms with Crippen molar-refractivity contribution in [2.75, 3.05) is 20.1 Å². The van der Waals surface area contributed by atoms with Gasteiger partial charge in [0.25, 0.3) is 0 Å². The fraction of sp³-hybridized carbons (Fsp3) is 0.750. The average molecular weight is 223 g/mol. The van der Waals surface area contributed by atoms with Crippen molar-refractivity contribution in [1.82, 2.24) is 15.4 Å². The van der Waals surface area contributed by atoms with Gasteiger partial charge in [-0.1, -0.05) is 11.6 Å². The Bertz CT molecular complexity index is 318. The van der Waals surface area contributed by atoms with E-state index in [1.807, 2.05) is 13.0 Å². The number of aromatic nitrogens is 1. The van der Waals surface area contributed by atoms with E-state index in [4.69, 9.17) is 4.52 Å². The number of piperidine rings is 1. The molecule has 1 aliphatic heterocycles. The van der Waals surface area contributed by atoms with Gasteiger partial charge >= 0.3 is 0 Å². The number of rotatable bonds is 4. The number of aryl methyl sites for hydroxylation is 1. The van der Waals surface area contributed by atoms with Crippen molar-refractivity contribution in [1.29, 1.82) is 0 Å². The lowest BCUT2D eigenvalue weighted by atomic mass is 10.0. The predicted molar refractivity (Wildman–Crippen MR) is 63.2 cm³/mol. The van der Waals surface area contributed by atoms with Crippen LogP contribution < -0.4 is 5.32 Å². The number of likely N-dealkylation sites (N-methyl/N-ethyl adjacent to an activating group) is 1. The molecular formula is C12H21N3O. The molecule has 16 heavy (non-hydrogen) atoms. The Labute approximate surface area is 97.0 Å². The van der Waals surface area contributed by atoms with Gasteiger partial charge in [0.2, 0.25) is 0 Å². The molecule has 1 unspecified atom stereocenters. The normalized spacial score (nSPS) is 21.6. The van der Waals surface area contributed by atoms with Gasteiger partial charge in [-0.25, -0.2) is 0 Å². The third-order valence-electron chi connectivity index (χ3n) is 3.05. The van der Waals surface area contributed by atoms with Crippen LogP contribution in [0.5, 0.6) is 0 Å². The molecular weight excluding hydrogens is 202 g/mol. The molecule has 4 nitrogen and oxygen atoms in total. The second-order valence-corrected chi connectivity index (χ2v) is 4.77. The molecule has 1 N–H and O–H groups in total. The lowest BCUT2D eigenvalue weighted by molar-refractivity contribution is 0.250. The van der Waals surface area contributed by atoms with Crippen molar-refractivity contribution in [3.63, 3.8) is 0 Å². The number of nitrogens with one attached hydrogen (secondary N) is 1. The first-order valence-corrected chi connectivity index (χ1v) is 6.08. The highest BCUT2D eigenvalue weighted by Crippen LogP contribution is 2.10. The minimum Gasteiger partial charge on any atom is -0.361 e. The van der Waals surface area contributed by atoms with Gasteiger partial charge in [0.1, 0.15) is 5.76 Å². The van der Waals surface area contributed by atoms with E-state index in [9.17, 15) is 0 Å². The standard InChI is InChI=1S/C12H21N3O/c1-10-7-12(14-16-10)9-15(2)8-11-5-3-4-6-13-11/h7,11,13H,3-6,8-9H2,1-2H3. The van der Waals surface area contributed by atoms with Gasteiger partial charge in [0.15, 0.2) is 0 Å². The fourth-order valence-corrected chi connectivity index (χ4v) is 2.29. The smallest absolute Gasteiger partial charge is 0.133 e. The number of nitrogens with zero attached hydrogens (tertiary/aromatic N) is 2. The Kier molecular flexibility index (Phi) is 3.96. The van der Waals surface area contributed by atoms with Gasteiger partial charge < -0.3 is 9.84 Å². The van der Waals surface area contributed by atoms with Crippen molar-refractivity contribution in [2.45, 2.75) is 38.8 Å². The highest BCUT2D eigenvalue weighted by molar-refractivity contribution is 5.03. The summed E-state index contributed by atoms with van der Waals surface area (Å²) in [5.74, 6) is 0.888. The van der Waals surface area contributed by atoms with Crippen LogP contribution in [-0.2, 0) is 6.54 Å². The first-order chi connectivity index (χ1) is 7.74. The summed E-state index contributed by atoms with van der Waals surface area (Å²) >= 11 is 0. The van der Waals surface area contributed by atoms with Crippen molar-refractivity contribution in [3.05, 3.63) is 17.5 Å². The molecule has 2 rings (SSSR count). The molecule has 1 aromatic rings. The second kappa shape index (κ2) is 5.46. The lowest BCUT2D eigenvalue weighted by Gasteiger charge is -2.27. The second-order valence-electron chi connectivity index (χ2n) is 4.77. The highest BCUT2D eigenvalue weighted by atomic mass is 16.5. The van der Waals surface area contributed by atoms with Gasteiger partial charge in [0, 0.05) is 25.2 Å². The minimum atomic E-state index is 0.645. The van der Waals surface area contributed by atoms with Crippen LogP contribution in [0.4, 0.5) is 0 Å². The van der Waals surface area contributed by atoms with Gasteiger partial charge in [-0.3, -0.25) is 4.90 Å². The molecule has 1 aliphatic rings. The maximum absolute atomic E-state index is 5.06. The Morgan fingerprint density at radius 2 is 2.44 bits per heavy atom. The maximum Gasteiger partial charge on any atom is 0.133 e. The van der Waals surface area contributed by atoms with E-state index in [1.165, 1.54) is 25.8 Å². The lowest BCUT2D eigenvalue weighted by Crippen LogP contribution is -2.42. The van der Waals surface area contributed by atoms with E-state index in [-0.39, 0.29) is 0 Å². The zero-order valence-electron chi connectivity index (χ0n) is 10.2. The van der Waals surface area contributed by atoms with Crippen LogP contribution in [0.1, 0.15) is 30.7 Å². The molecule has 1 aromatic heterocycles. The molecule has 2 heterocycles. The summed E-state index contributed by atoms with van der Waals surface area (Å²) in [6.07, 6.45) is 3.97. The van der Waals surface area contributed by atoms with Crippen LogP contribution in [0, 0.1) is 6.92 Å². The number of hydrogen-bond acceptors (Lipinski definition) is 4. The zero-order chi connectivity index (χ0) is 11.4. The van der Waals surface area contributed by atoms with Crippen molar-refractivity contribution in [2.24, 2.45) is 0 Å². The van der Waals surface area contributed by atoms with E-state index < -0.39 is 0 Å². The summed E-state index contributed by atoms with van der Waals surface area (Å²) in [7, 11) is 2.14. The molecule has 0 radical (unpaired) electrons. The molecule has 0 saturated carbocycles. The van der Waals surface area contributed by atoms with E-state index in [2.05, 4.69) is 22.4 Å². The molecule has 4 heteroatoms. The maximum atomic E-state index is 5.06. The van der Waals surface area contributed by atoms with Crippen LogP contribution in [0.2, 0.25) is 0 Å². The van der Waals surface area contributed by atoms with Crippen LogP contribution in [0.25, 0.3) is 0 Å². The van der Waals surface area contributed by atoms with Crippen molar-refractivity contribution in [3.8, 4) is 0 Å². The third kappa shape index (κ3) is 3.32. The van der Waals surface area contributed by atoms with E-state index >= 15 is 0 Å². The first kappa shape index (κ1) is 11.6. The Morgan fingerprint density at radius 1 is 1.56 bits per heavy atom. The molecule has 90 valence electrons. The van der Waals surface area contributed by atoms with E-state index in [0.717, 1.165) is 24.5 Å². The summed E-state index contributed by atoms with van der Waals surface area (Å²) < 4.78 is 5.06.